The van der Waals surface area contributed by atoms with Crippen molar-refractivity contribution >= 4 is 0 Å². The normalized spacial score (nSPS) is 22.3. The monoisotopic (exact) mass is 338 g/mol. The molecule has 0 atom stereocenters. The first-order chi connectivity index (χ1) is 10.8. The molecule has 2 rings (SSSR count). The summed E-state index contributed by atoms with van der Waals surface area (Å²) in [6.07, 6.45) is -2.99. The largest absolute Gasteiger partial charge is 0.422 e. The zero-order valence-corrected chi connectivity index (χ0v) is 12.8. The fourth-order valence-corrected chi connectivity index (χ4v) is 2.65. The van der Waals surface area contributed by atoms with Crippen molar-refractivity contribution in [1.29, 1.82) is 0 Å². The van der Waals surface area contributed by atoms with Crippen LogP contribution in [0.5, 0.6) is 0 Å². The third-order valence-electron chi connectivity index (χ3n) is 3.79. The number of benzene rings is 1. The Hall–Kier alpha value is -1.21. The van der Waals surface area contributed by atoms with E-state index < -0.39 is 29.7 Å². The van der Waals surface area contributed by atoms with Gasteiger partial charge in [-0.3, -0.25) is 0 Å². The van der Waals surface area contributed by atoms with Crippen molar-refractivity contribution in [3.05, 3.63) is 34.9 Å². The minimum atomic E-state index is -5.05. The van der Waals surface area contributed by atoms with Gasteiger partial charge in [0.15, 0.2) is 6.29 Å². The van der Waals surface area contributed by atoms with E-state index in [4.69, 9.17) is 9.47 Å². The molecule has 0 bridgehead atoms. The SMILES string of the molecule is CCCC1COC(CCc2cc(F)c(C(F)(F)F)c(F)c2)OC1. The van der Waals surface area contributed by atoms with Crippen LogP contribution in [0.25, 0.3) is 0 Å². The molecule has 1 fully saturated rings. The van der Waals surface area contributed by atoms with E-state index >= 15 is 0 Å². The van der Waals surface area contributed by atoms with Crippen LogP contribution in [0.1, 0.15) is 37.3 Å². The van der Waals surface area contributed by atoms with E-state index in [2.05, 4.69) is 6.92 Å². The van der Waals surface area contributed by atoms with E-state index in [-0.39, 0.29) is 12.0 Å². The summed E-state index contributed by atoms with van der Waals surface area (Å²) in [5, 5.41) is 0. The van der Waals surface area contributed by atoms with Crippen LogP contribution in [0, 0.1) is 17.6 Å². The van der Waals surface area contributed by atoms with Crippen LogP contribution >= 0.6 is 0 Å². The molecule has 0 saturated carbocycles. The molecule has 0 aliphatic carbocycles. The third kappa shape index (κ3) is 4.88. The van der Waals surface area contributed by atoms with Gasteiger partial charge in [-0.15, -0.1) is 0 Å². The van der Waals surface area contributed by atoms with Crippen molar-refractivity contribution in [2.24, 2.45) is 5.92 Å². The Kier molecular flexibility index (Phi) is 5.97. The second-order valence-electron chi connectivity index (χ2n) is 5.72. The van der Waals surface area contributed by atoms with Gasteiger partial charge in [0.25, 0.3) is 0 Å². The highest BCUT2D eigenvalue weighted by atomic mass is 19.4. The minimum absolute atomic E-state index is 0.149. The number of halogens is 5. The van der Waals surface area contributed by atoms with Crippen molar-refractivity contribution in [2.45, 2.75) is 45.1 Å². The van der Waals surface area contributed by atoms with Gasteiger partial charge in [-0.1, -0.05) is 13.3 Å². The summed E-state index contributed by atoms with van der Waals surface area (Å²) in [5.74, 6) is -2.85. The molecule has 0 spiro atoms. The third-order valence-corrected chi connectivity index (χ3v) is 3.79. The molecule has 0 radical (unpaired) electrons. The molecule has 1 aliphatic rings. The molecular formula is C16H19F5O2. The Morgan fingerprint density at radius 1 is 1.04 bits per heavy atom. The molecular weight excluding hydrogens is 319 g/mol. The topological polar surface area (TPSA) is 18.5 Å². The molecule has 1 aromatic rings. The maximum Gasteiger partial charge on any atom is 0.422 e. The molecule has 0 unspecified atom stereocenters. The van der Waals surface area contributed by atoms with Crippen molar-refractivity contribution in [2.75, 3.05) is 13.2 Å². The van der Waals surface area contributed by atoms with Crippen LogP contribution in [-0.4, -0.2) is 19.5 Å². The van der Waals surface area contributed by atoms with Crippen LogP contribution in [0.15, 0.2) is 12.1 Å². The predicted octanol–water partition coefficient (Wildman–Crippen LogP) is 4.71. The van der Waals surface area contributed by atoms with Gasteiger partial charge in [0.05, 0.1) is 13.2 Å². The minimum Gasteiger partial charge on any atom is -0.352 e. The first kappa shape index (κ1) is 18.1. The highest BCUT2D eigenvalue weighted by Crippen LogP contribution is 2.34. The van der Waals surface area contributed by atoms with E-state index in [0.717, 1.165) is 12.8 Å². The molecule has 1 heterocycles. The maximum absolute atomic E-state index is 13.5. The molecule has 7 heteroatoms. The van der Waals surface area contributed by atoms with Crippen molar-refractivity contribution in [1.82, 2.24) is 0 Å². The first-order valence-electron chi connectivity index (χ1n) is 7.59. The molecule has 2 nitrogen and oxygen atoms in total. The number of ether oxygens (including phenoxy) is 2. The fraction of sp³-hybridized carbons (Fsp3) is 0.625. The second-order valence-corrected chi connectivity index (χ2v) is 5.72. The van der Waals surface area contributed by atoms with Crippen LogP contribution in [0.2, 0.25) is 0 Å². The summed E-state index contributed by atoms with van der Waals surface area (Å²) in [6, 6.07) is 1.43. The van der Waals surface area contributed by atoms with Crippen molar-refractivity contribution < 1.29 is 31.4 Å². The molecule has 1 aromatic carbocycles. The Morgan fingerprint density at radius 3 is 2.09 bits per heavy atom. The van der Waals surface area contributed by atoms with Crippen molar-refractivity contribution in [3.8, 4) is 0 Å². The quantitative estimate of drug-likeness (QED) is 0.724. The molecule has 0 amide bonds. The number of hydrogen-bond donors (Lipinski definition) is 0. The first-order valence-corrected chi connectivity index (χ1v) is 7.59. The molecule has 0 N–H and O–H groups in total. The maximum atomic E-state index is 13.5. The van der Waals surface area contributed by atoms with E-state index in [9.17, 15) is 22.0 Å². The molecule has 0 aromatic heterocycles. The van der Waals surface area contributed by atoms with Gasteiger partial charge in [0.1, 0.15) is 17.2 Å². The Bertz CT molecular complexity index is 499. The summed E-state index contributed by atoms with van der Waals surface area (Å²) in [6.45, 7) is 3.20. The smallest absolute Gasteiger partial charge is 0.352 e. The van der Waals surface area contributed by atoms with Gasteiger partial charge in [0, 0.05) is 12.3 Å². The zero-order valence-electron chi connectivity index (χ0n) is 12.8. The van der Waals surface area contributed by atoms with Crippen LogP contribution in [-0.2, 0) is 22.1 Å². The van der Waals surface area contributed by atoms with E-state index in [0.29, 0.717) is 37.7 Å². The molecule has 23 heavy (non-hydrogen) atoms. The Balaban J connectivity index is 1.92. The highest BCUT2D eigenvalue weighted by molar-refractivity contribution is 5.28. The van der Waals surface area contributed by atoms with E-state index in [1.54, 1.807) is 0 Å². The van der Waals surface area contributed by atoms with Gasteiger partial charge in [-0.2, -0.15) is 13.2 Å². The molecule has 130 valence electrons. The van der Waals surface area contributed by atoms with Gasteiger partial charge >= 0.3 is 6.18 Å². The fourth-order valence-electron chi connectivity index (χ4n) is 2.65. The zero-order chi connectivity index (χ0) is 17.0. The van der Waals surface area contributed by atoms with Crippen LogP contribution in [0.3, 0.4) is 0 Å². The highest BCUT2D eigenvalue weighted by Gasteiger charge is 2.37. The lowest BCUT2D eigenvalue weighted by atomic mass is 10.0. The predicted molar refractivity (Wildman–Crippen MR) is 73.8 cm³/mol. The standard InChI is InChI=1S/C16H19F5O2/c1-2-3-11-8-22-14(23-9-11)5-4-10-6-12(17)15(13(18)7-10)16(19,20)21/h6-7,11,14H,2-5,8-9H2,1H3. The number of hydrogen-bond acceptors (Lipinski definition) is 2. The lowest BCUT2D eigenvalue weighted by Gasteiger charge is -2.29. The summed E-state index contributed by atoms with van der Waals surface area (Å²) >= 11 is 0. The molecule has 1 saturated heterocycles. The van der Waals surface area contributed by atoms with Gasteiger partial charge in [0.2, 0.25) is 0 Å². The van der Waals surface area contributed by atoms with Gasteiger partial charge < -0.3 is 9.47 Å². The van der Waals surface area contributed by atoms with E-state index in [1.165, 1.54) is 0 Å². The van der Waals surface area contributed by atoms with Gasteiger partial charge in [-0.25, -0.2) is 8.78 Å². The second kappa shape index (κ2) is 7.57. The summed E-state index contributed by atoms with van der Waals surface area (Å²) < 4.78 is 75.5. The lowest BCUT2D eigenvalue weighted by molar-refractivity contribution is -0.203. The number of alkyl halides is 3. The number of aryl methyl sites for hydroxylation is 1. The summed E-state index contributed by atoms with van der Waals surface area (Å²) in [4.78, 5) is 0. The Morgan fingerprint density at radius 2 is 1.61 bits per heavy atom. The summed E-state index contributed by atoms with van der Waals surface area (Å²) in [7, 11) is 0. The average molecular weight is 338 g/mol. The average Bonchev–Trinajstić information content (AvgIpc) is 2.44. The van der Waals surface area contributed by atoms with Crippen molar-refractivity contribution in [3.63, 3.8) is 0 Å². The summed E-state index contributed by atoms with van der Waals surface area (Å²) in [5.41, 5.74) is -1.70. The van der Waals surface area contributed by atoms with E-state index in [1.807, 2.05) is 0 Å². The molecule has 1 aliphatic heterocycles. The van der Waals surface area contributed by atoms with Crippen LogP contribution in [0.4, 0.5) is 22.0 Å². The van der Waals surface area contributed by atoms with Crippen LogP contribution < -0.4 is 0 Å². The Labute approximate surface area is 131 Å². The lowest BCUT2D eigenvalue weighted by Crippen LogP contribution is -2.32. The van der Waals surface area contributed by atoms with Gasteiger partial charge in [-0.05, 0) is 30.5 Å². The number of rotatable bonds is 5.